The van der Waals surface area contributed by atoms with Gasteiger partial charge in [-0.05, 0) is 108 Å². The molecule has 1 aliphatic heterocycles. The minimum atomic E-state index is -4.68. The number of halogens is 4. The molecule has 1 saturated heterocycles. The molecule has 8 rings (SSSR count). The van der Waals surface area contributed by atoms with Crippen molar-refractivity contribution in [1.82, 2.24) is 24.7 Å². The molecule has 0 atom stereocenters. The van der Waals surface area contributed by atoms with Crippen LogP contribution in [0.3, 0.4) is 0 Å². The number of para-hydroxylation sites is 1. The fourth-order valence-electron chi connectivity index (χ4n) is 7.70. The molecule has 0 radical (unpaired) electrons. The highest BCUT2D eigenvalue weighted by atomic mass is 35.5. The van der Waals surface area contributed by atoms with Gasteiger partial charge < -0.3 is 20.3 Å². The van der Waals surface area contributed by atoms with Crippen molar-refractivity contribution in [2.24, 2.45) is 0 Å². The predicted molar refractivity (Wildman–Crippen MR) is 241 cm³/mol. The van der Waals surface area contributed by atoms with Crippen molar-refractivity contribution in [2.75, 3.05) is 29.9 Å². The Morgan fingerprint density at radius 1 is 0.855 bits per heavy atom. The Morgan fingerprint density at radius 2 is 1.55 bits per heavy atom. The molecule has 0 saturated carbocycles. The number of nitrogens with zero attached hydrogens (tertiary/aromatic N) is 5. The summed E-state index contributed by atoms with van der Waals surface area (Å²) in [5, 5.41) is 8.03. The Morgan fingerprint density at radius 3 is 2.23 bits per heavy atom. The van der Waals surface area contributed by atoms with Crippen LogP contribution >= 0.6 is 11.6 Å². The summed E-state index contributed by atoms with van der Waals surface area (Å²) in [6.07, 6.45) is 2.04. The quantitative estimate of drug-likeness (QED) is 0.134. The number of nitrogens with one attached hydrogen (secondary N) is 2. The first-order valence-electron chi connectivity index (χ1n) is 20.9. The van der Waals surface area contributed by atoms with E-state index in [0.29, 0.717) is 29.3 Å². The molecule has 1 amide bonds. The maximum absolute atomic E-state index is 13.0. The van der Waals surface area contributed by atoms with Gasteiger partial charge in [0.05, 0.1) is 16.2 Å². The number of hydrogen-bond acceptors (Lipinski definition) is 7. The SMILES string of the molecule is CC(C)(C)c1ccc(CCNc2ncnc3ccccc23)cc1.CCc1nc2ccc(Cl)cn2c1C(=O)NCc1ccc(N2CCC(c3ccc(OC(F)(F)F)cc3)CC2)cc1. The maximum atomic E-state index is 13.0. The van der Waals surface area contributed by atoms with Crippen molar-refractivity contribution in [1.29, 1.82) is 0 Å². The van der Waals surface area contributed by atoms with E-state index in [4.69, 9.17) is 11.6 Å². The lowest BCUT2D eigenvalue weighted by atomic mass is 9.86. The molecule has 3 aromatic heterocycles. The Labute approximate surface area is 365 Å². The second kappa shape index (κ2) is 19.3. The Kier molecular flexibility index (Phi) is 13.7. The molecule has 4 aromatic carbocycles. The monoisotopic (exact) mass is 861 g/mol. The lowest BCUT2D eigenvalue weighted by molar-refractivity contribution is -0.274. The van der Waals surface area contributed by atoms with Gasteiger partial charge in [-0.25, -0.2) is 15.0 Å². The number of carbonyl (C=O) groups is 1. The molecule has 322 valence electrons. The largest absolute Gasteiger partial charge is 0.573 e. The molecule has 0 aliphatic carbocycles. The van der Waals surface area contributed by atoms with E-state index in [0.717, 1.165) is 78.1 Å². The van der Waals surface area contributed by atoms with E-state index in [-0.39, 0.29) is 23.0 Å². The molecule has 4 heterocycles. The lowest BCUT2D eigenvalue weighted by Gasteiger charge is -2.34. The normalized spacial score (nSPS) is 13.5. The number of carbonyl (C=O) groups excluding carboxylic acids is 1. The number of hydrogen-bond donors (Lipinski definition) is 2. The first kappa shape index (κ1) is 43.9. The van der Waals surface area contributed by atoms with Crippen LogP contribution < -0.4 is 20.3 Å². The zero-order valence-corrected chi connectivity index (χ0v) is 36.1. The summed E-state index contributed by atoms with van der Waals surface area (Å²) in [5.74, 6) is 0.791. The van der Waals surface area contributed by atoms with Gasteiger partial charge in [0.1, 0.15) is 29.2 Å². The van der Waals surface area contributed by atoms with Crippen LogP contribution in [-0.4, -0.2) is 51.3 Å². The van der Waals surface area contributed by atoms with E-state index in [1.165, 1.54) is 23.3 Å². The molecule has 0 spiro atoms. The molecular weight excluding hydrogens is 811 g/mol. The number of benzene rings is 4. The van der Waals surface area contributed by atoms with Crippen LogP contribution in [0.15, 0.2) is 122 Å². The molecule has 62 heavy (non-hydrogen) atoms. The third-order valence-electron chi connectivity index (χ3n) is 11.1. The lowest BCUT2D eigenvalue weighted by Crippen LogP contribution is -2.32. The van der Waals surface area contributed by atoms with Gasteiger partial charge in [-0.1, -0.05) is 100.0 Å². The molecule has 7 aromatic rings. The van der Waals surface area contributed by atoms with Crippen molar-refractivity contribution in [2.45, 2.75) is 77.6 Å². The van der Waals surface area contributed by atoms with Crippen molar-refractivity contribution < 1.29 is 22.7 Å². The molecule has 9 nitrogen and oxygen atoms in total. The standard InChI is InChI=1S/C29H28ClF3N4O2.C20H23N3/c1-2-25-27(37-18-22(30)7-12-26(37)35-25)28(38)34-17-19-3-8-23(9-4-19)36-15-13-21(14-16-36)20-5-10-24(11-6-20)39-29(31,32)33;1-20(2,3)16-10-8-15(9-11-16)12-13-21-19-17-6-4-5-7-18(17)22-14-23-19/h3-12,18,21H,2,13-17H2,1H3,(H,34,38);4-11,14H,12-13H2,1-3H3,(H,21,22,23). The van der Waals surface area contributed by atoms with Gasteiger partial charge in [0.25, 0.3) is 5.91 Å². The van der Waals surface area contributed by atoms with E-state index in [1.54, 1.807) is 41.2 Å². The van der Waals surface area contributed by atoms with Gasteiger partial charge in [-0.15, -0.1) is 13.2 Å². The zero-order chi connectivity index (χ0) is 43.9. The number of fused-ring (bicyclic) bond motifs is 2. The van der Waals surface area contributed by atoms with Gasteiger partial charge in [-0.3, -0.25) is 9.20 Å². The second-order valence-electron chi connectivity index (χ2n) is 16.4. The molecule has 1 fully saturated rings. The van der Waals surface area contributed by atoms with Gasteiger partial charge >= 0.3 is 6.36 Å². The van der Waals surface area contributed by atoms with Gasteiger partial charge in [0.2, 0.25) is 0 Å². The smallest absolute Gasteiger partial charge is 0.406 e. The Balaban J connectivity index is 0.000000213. The van der Waals surface area contributed by atoms with Crippen LogP contribution in [0, 0.1) is 0 Å². The van der Waals surface area contributed by atoms with Crippen LogP contribution in [0.1, 0.15) is 84.9 Å². The summed E-state index contributed by atoms with van der Waals surface area (Å²) in [6, 6.07) is 34.8. The number of amides is 1. The van der Waals surface area contributed by atoms with Crippen LogP contribution in [-0.2, 0) is 24.8 Å². The summed E-state index contributed by atoms with van der Waals surface area (Å²) < 4.78 is 42.9. The summed E-state index contributed by atoms with van der Waals surface area (Å²) in [5.41, 5.74) is 8.89. The second-order valence-corrected chi connectivity index (χ2v) is 16.9. The van der Waals surface area contributed by atoms with Crippen molar-refractivity contribution in [3.63, 3.8) is 0 Å². The molecule has 0 unspecified atom stereocenters. The van der Waals surface area contributed by atoms with Crippen LogP contribution in [0.5, 0.6) is 5.75 Å². The number of anilines is 2. The van der Waals surface area contributed by atoms with Gasteiger partial charge in [0.15, 0.2) is 0 Å². The summed E-state index contributed by atoms with van der Waals surface area (Å²) >= 11 is 6.14. The van der Waals surface area contributed by atoms with E-state index in [9.17, 15) is 18.0 Å². The first-order valence-corrected chi connectivity index (χ1v) is 21.3. The highest BCUT2D eigenvalue weighted by molar-refractivity contribution is 6.30. The number of alkyl halides is 3. The Hall–Kier alpha value is -6.14. The molecule has 0 bridgehead atoms. The molecular formula is C49H51ClF3N7O2. The number of ether oxygens (including phenoxy) is 1. The highest BCUT2D eigenvalue weighted by Gasteiger charge is 2.31. The third kappa shape index (κ3) is 11.2. The van der Waals surface area contributed by atoms with E-state index >= 15 is 0 Å². The summed E-state index contributed by atoms with van der Waals surface area (Å²) in [7, 11) is 0. The summed E-state index contributed by atoms with van der Waals surface area (Å²) in [4.78, 5) is 28.5. The number of imidazole rings is 1. The minimum Gasteiger partial charge on any atom is -0.406 e. The van der Waals surface area contributed by atoms with E-state index in [1.807, 2.05) is 37.3 Å². The molecule has 1 aliphatic rings. The highest BCUT2D eigenvalue weighted by Crippen LogP contribution is 2.33. The van der Waals surface area contributed by atoms with Crippen molar-refractivity contribution in [3.8, 4) is 5.75 Å². The fourth-order valence-corrected chi connectivity index (χ4v) is 7.86. The van der Waals surface area contributed by atoms with E-state index < -0.39 is 6.36 Å². The summed E-state index contributed by atoms with van der Waals surface area (Å²) in [6.45, 7) is 11.6. The maximum Gasteiger partial charge on any atom is 0.573 e. The zero-order valence-electron chi connectivity index (χ0n) is 35.3. The molecule has 2 N–H and O–H groups in total. The number of piperidine rings is 1. The predicted octanol–water partition coefficient (Wildman–Crippen LogP) is 11.3. The van der Waals surface area contributed by atoms with Crippen LogP contribution in [0.25, 0.3) is 16.6 Å². The fraction of sp³-hybridized carbons (Fsp3) is 0.306. The number of aryl methyl sites for hydroxylation is 1. The average molecular weight is 862 g/mol. The number of aromatic nitrogens is 4. The molecule has 13 heteroatoms. The van der Waals surface area contributed by atoms with Gasteiger partial charge in [-0.2, -0.15) is 0 Å². The van der Waals surface area contributed by atoms with Crippen molar-refractivity contribution >= 4 is 45.6 Å². The van der Waals surface area contributed by atoms with Crippen LogP contribution in [0.2, 0.25) is 5.02 Å². The topological polar surface area (TPSA) is 96.7 Å². The van der Waals surface area contributed by atoms with E-state index in [2.05, 4.69) is 98.5 Å². The van der Waals surface area contributed by atoms with Crippen molar-refractivity contribution in [3.05, 3.63) is 160 Å². The number of rotatable bonds is 11. The Bertz CT molecular complexity index is 2580. The number of pyridine rings is 1. The van der Waals surface area contributed by atoms with Gasteiger partial charge in [0, 0.05) is 43.4 Å². The first-order chi connectivity index (χ1) is 29.7. The minimum absolute atomic E-state index is 0.200. The average Bonchev–Trinajstić information content (AvgIpc) is 3.64. The third-order valence-corrected chi connectivity index (χ3v) is 11.3. The van der Waals surface area contributed by atoms with Crippen LogP contribution in [0.4, 0.5) is 24.7 Å².